The zero-order chi connectivity index (χ0) is 19.2. The Morgan fingerprint density at radius 3 is 2.54 bits per heavy atom. The molecule has 0 aromatic rings. The fourth-order valence-electron chi connectivity index (χ4n) is 3.90. The van der Waals surface area contributed by atoms with Gasteiger partial charge >= 0.3 is 0 Å². The van der Waals surface area contributed by atoms with Crippen LogP contribution in [0.1, 0.15) is 86.0 Å². The van der Waals surface area contributed by atoms with Crippen molar-refractivity contribution in [2.45, 2.75) is 86.0 Å². The second kappa shape index (κ2) is 9.58. The van der Waals surface area contributed by atoms with Crippen molar-refractivity contribution in [3.05, 3.63) is 59.3 Å². The Kier molecular flexibility index (Phi) is 7.74. The highest BCUT2D eigenvalue weighted by molar-refractivity contribution is 5.48. The molecule has 26 heavy (non-hydrogen) atoms. The van der Waals surface area contributed by atoms with Crippen LogP contribution in [0, 0.1) is 17.3 Å². The summed E-state index contributed by atoms with van der Waals surface area (Å²) in [4.78, 5) is 0. The smallest absolute Gasteiger partial charge is 0.0157 e. The minimum absolute atomic E-state index is 0.267. The van der Waals surface area contributed by atoms with Crippen LogP contribution in [0.2, 0.25) is 0 Å². The van der Waals surface area contributed by atoms with Crippen LogP contribution in [-0.2, 0) is 0 Å². The highest BCUT2D eigenvalue weighted by atomic mass is 14.2. The van der Waals surface area contributed by atoms with Gasteiger partial charge in [-0.3, -0.25) is 0 Å². The van der Waals surface area contributed by atoms with Crippen molar-refractivity contribution < 1.29 is 0 Å². The Balaban J connectivity index is 1.75. The lowest BCUT2D eigenvalue weighted by Crippen LogP contribution is -2.12. The molecule has 2 unspecified atom stereocenters. The lowest BCUT2D eigenvalue weighted by Gasteiger charge is -2.25. The van der Waals surface area contributed by atoms with Crippen molar-refractivity contribution in [2.24, 2.45) is 17.3 Å². The summed E-state index contributed by atoms with van der Waals surface area (Å²) in [6.45, 7) is 16.0. The first kappa shape index (κ1) is 21.0. The van der Waals surface area contributed by atoms with Crippen LogP contribution in [0.15, 0.2) is 59.3 Å². The molecule has 0 aromatic carbocycles. The fraction of sp³-hybridized carbons (Fsp3) is 0.615. The summed E-state index contributed by atoms with van der Waals surface area (Å²) >= 11 is 0. The first-order valence-corrected chi connectivity index (χ1v) is 10.7. The number of rotatable bonds is 9. The maximum absolute atomic E-state index is 4.26. The maximum atomic E-state index is 4.26. The summed E-state index contributed by atoms with van der Waals surface area (Å²) in [6, 6.07) is 0. The minimum Gasteiger partial charge on any atom is -0.0993 e. The summed E-state index contributed by atoms with van der Waals surface area (Å²) in [5, 5.41) is 0. The van der Waals surface area contributed by atoms with Gasteiger partial charge < -0.3 is 0 Å². The van der Waals surface area contributed by atoms with Gasteiger partial charge in [0.2, 0.25) is 0 Å². The van der Waals surface area contributed by atoms with Crippen molar-refractivity contribution in [2.75, 3.05) is 0 Å². The third kappa shape index (κ3) is 6.15. The molecule has 2 atom stereocenters. The van der Waals surface area contributed by atoms with Gasteiger partial charge in [-0.2, -0.15) is 0 Å². The Hall–Kier alpha value is -1.30. The van der Waals surface area contributed by atoms with Crippen molar-refractivity contribution >= 4 is 0 Å². The molecule has 0 radical (unpaired) electrons. The van der Waals surface area contributed by atoms with E-state index in [1.54, 1.807) is 11.1 Å². The van der Waals surface area contributed by atoms with E-state index in [1.165, 1.54) is 56.1 Å². The quantitative estimate of drug-likeness (QED) is 0.289. The molecular formula is C26H40. The van der Waals surface area contributed by atoms with E-state index in [1.807, 2.05) is 0 Å². The average Bonchev–Trinajstić information content (AvgIpc) is 3.14. The first-order valence-electron chi connectivity index (χ1n) is 10.7. The third-order valence-electron chi connectivity index (χ3n) is 6.35. The SMILES string of the molecule is C=C(CCCCCC(C)C(C)C1=CCCC(C2=CCC=C2)=C1)C(C)(C)C. The van der Waals surface area contributed by atoms with Gasteiger partial charge in [0.15, 0.2) is 0 Å². The van der Waals surface area contributed by atoms with Crippen LogP contribution in [0.5, 0.6) is 0 Å². The minimum atomic E-state index is 0.267. The van der Waals surface area contributed by atoms with Crippen molar-refractivity contribution in [1.82, 2.24) is 0 Å². The Morgan fingerprint density at radius 1 is 1.12 bits per heavy atom. The molecule has 2 aliphatic rings. The summed E-state index contributed by atoms with van der Waals surface area (Å²) in [5.41, 5.74) is 6.26. The highest BCUT2D eigenvalue weighted by Gasteiger charge is 2.19. The second-order valence-corrected chi connectivity index (χ2v) is 9.43. The van der Waals surface area contributed by atoms with E-state index in [0.717, 1.165) is 12.3 Å². The molecule has 0 aliphatic heterocycles. The van der Waals surface area contributed by atoms with Crippen LogP contribution in [0.3, 0.4) is 0 Å². The van der Waals surface area contributed by atoms with Crippen molar-refractivity contribution in [1.29, 1.82) is 0 Å². The fourth-order valence-corrected chi connectivity index (χ4v) is 3.90. The number of hydrogen-bond donors (Lipinski definition) is 0. The van der Waals surface area contributed by atoms with Gasteiger partial charge in [-0.15, -0.1) is 0 Å². The predicted octanol–water partition coefficient (Wildman–Crippen LogP) is 8.34. The normalized spacial score (nSPS) is 19.7. The molecule has 2 rings (SSSR count). The average molecular weight is 353 g/mol. The van der Waals surface area contributed by atoms with Gasteiger partial charge in [0.05, 0.1) is 0 Å². The van der Waals surface area contributed by atoms with Crippen molar-refractivity contribution in [3.63, 3.8) is 0 Å². The molecule has 0 bridgehead atoms. The van der Waals surface area contributed by atoms with Crippen LogP contribution >= 0.6 is 0 Å². The maximum Gasteiger partial charge on any atom is -0.0157 e. The number of hydrogen-bond acceptors (Lipinski definition) is 0. The molecule has 0 saturated carbocycles. The molecule has 0 nitrogen and oxygen atoms in total. The summed E-state index contributed by atoms with van der Waals surface area (Å²) in [5.74, 6) is 1.43. The summed E-state index contributed by atoms with van der Waals surface area (Å²) < 4.78 is 0. The monoisotopic (exact) mass is 352 g/mol. The molecule has 0 saturated heterocycles. The van der Waals surface area contributed by atoms with E-state index < -0.39 is 0 Å². The standard InChI is InChI=1S/C26H40/c1-20(13-8-7-9-14-21(2)26(4,5)6)22(3)24-17-12-18-25(19-24)23-15-10-11-16-23/h10,15-17,19-20,22H,2,7-9,11-14,18H2,1,3-6H3. The molecule has 0 N–H and O–H groups in total. The van der Waals surface area contributed by atoms with Crippen LogP contribution in [-0.4, -0.2) is 0 Å². The zero-order valence-corrected chi connectivity index (χ0v) is 17.9. The molecule has 0 fully saturated rings. The predicted molar refractivity (Wildman–Crippen MR) is 117 cm³/mol. The molecular weight excluding hydrogens is 312 g/mol. The Labute approximate surface area is 162 Å². The second-order valence-electron chi connectivity index (χ2n) is 9.43. The van der Waals surface area contributed by atoms with Gasteiger partial charge in [-0.1, -0.05) is 96.4 Å². The first-order chi connectivity index (χ1) is 12.3. The highest BCUT2D eigenvalue weighted by Crippen LogP contribution is 2.34. The Morgan fingerprint density at radius 2 is 1.88 bits per heavy atom. The topological polar surface area (TPSA) is 0 Å². The number of allylic oxidation sites excluding steroid dienone is 9. The molecule has 0 spiro atoms. The van der Waals surface area contributed by atoms with E-state index in [-0.39, 0.29) is 5.41 Å². The molecule has 2 aliphatic carbocycles. The molecule has 144 valence electrons. The van der Waals surface area contributed by atoms with Crippen LogP contribution < -0.4 is 0 Å². The van der Waals surface area contributed by atoms with E-state index in [9.17, 15) is 0 Å². The molecule has 0 aromatic heterocycles. The number of unbranched alkanes of at least 4 members (excludes halogenated alkanes) is 2. The van der Waals surface area contributed by atoms with Crippen LogP contribution in [0.4, 0.5) is 0 Å². The van der Waals surface area contributed by atoms with E-state index in [2.05, 4.69) is 71.6 Å². The largest absolute Gasteiger partial charge is 0.0993 e. The van der Waals surface area contributed by atoms with Gasteiger partial charge in [0.1, 0.15) is 0 Å². The van der Waals surface area contributed by atoms with E-state index >= 15 is 0 Å². The van der Waals surface area contributed by atoms with Crippen molar-refractivity contribution in [3.8, 4) is 0 Å². The van der Waals surface area contributed by atoms with Gasteiger partial charge in [-0.05, 0) is 66.1 Å². The summed E-state index contributed by atoms with van der Waals surface area (Å²) in [7, 11) is 0. The lowest BCUT2D eigenvalue weighted by atomic mass is 9.80. The third-order valence-corrected chi connectivity index (χ3v) is 6.35. The zero-order valence-electron chi connectivity index (χ0n) is 17.9. The summed E-state index contributed by atoms with van der Waals surface area (Å²) in [6.07, 6.45) is 21.9. The van der Waals surface area contributed by atoms with Gasteiger partial charge in [0, 0.05) is 0 Å². The lowest BCUT2D eigenvalue weighted by molar-refractivity contribution is 0.393. The Bertz CT molecular complexity index is 600. The van der Waals surface area contributed by atoms with E-state index in [0.29, 0.717) is 5.92 Å². The van der Waals surface area contributed by atoms with Gasteiger partial charge in [0.25, 0.3) is 0 Å². The van der Waals surface area contributed by atoms with E-state index in [4.69, 9.17) is 0 Å². The molecule has 0 heteroatoms. The van der Waals surface area contributed by atoms with Crippen LogP contribution in [0.25, 0.3) is 0 Å². The molecule has 0 amide bonds. The molecule has 0 heterocycles. The van der Waals surface area contributed by atoms with Gasteiger partial charge in [-0.25, -0.2) is 0 Å².